The first kappa shape index (κ1) is 6.64. The Hall–Kier alpha value is -1.06. The molecule has 11 heavy (non-hydrogen) atoms. The van der Waals surface area contributed by atoms with Gasteiger partial charge in [-0.2, -0.15) is 0 Å². The van der Waals surface area contributed by atoms with Gasteiger partial charge in [0.15, 0.2) is 5.81 Å². The second-order valence-corrected chi connectivity index (χ2v) is 2.89. The summed E-state index contributed by atoms with van der Waals surface area (Å²) in [5.74, 6) is -0.510. The van der Waals surface area contributed by atoms with Crippen molar-refractivity contribution in [3.05, 3.63) is 11.6 Å². The molecule has 0 N–H and O–H groups in total. The van der Waals surface area contributed by atoms with E-state index in [-0.39, 0.29) is 17.8 Å². The molecule has 0 saturated carbocycles. The second kappa shape index (κ2) is 1.97. The van der Waals surface area contributed by atoms with Crippen LogP contribution in [0.2, 0.25) is 0 Å². The lowest BCUT2D eigenvalue weighted by molar-refractivity contribution is -0.123. The lowest BCUT2D eigenvalue weighted by atomic mass is 10.1. The molecule has 1 fully saturated rings. The van der Waals surface area contributed by atoms with Crippen LogP contribution >= 0.6 is 0 Å². The number of rotatable bonds is 0. The molecule has 1 saturated heterocycles. The molecule has 0 aromatic carbocycles. The predicted octanol–water partition coefficient (Wildman–Crippen LogP) is -0.0618. The fourth-order valence-electron chi connectivity index (χ4n) is 1.71. The van der Waals surface area contributed by atoms with E-state index in [0.717, 1.165) is 18.4 Å². The highest BCUT2D eigenvalue weighted by Crippen LogP contribution is 2.33. The second-order valence-electron chi connectivity index (χ2n) is 2.89. The maximum Gasteiger partial charge on any atom is 0.255 e. The summed E-state index contributed by atoms with van der Waals surface area (Å²) < 4.78 is 0. The summed E-state index contributed by atoms with van der Waals surface area (Å²) in [5.41, 5.74) is 0.784. The van der Waals surface area contributed by atoms with Gasteiger partial charge in [0.2, 0.25) is 7.85 Å². The van der Waals surface area contributed by atoms with E-state index in [9.17, 15) is 9.59 Å². The fraction of sp³-hybridized carbons (Fsp3) is 0.429. The Morgan fingerprint density at radius 1 is 1.73 bits per heavy atom. The molecule has 0 aromatic rings. The Labute approximate surface area is 65.5 Å². The van der Waals surface area contributed by atoms with Crippen molar-refractivity contribution < 1.29 is 9.59 Å². The molecule has 2 aliphatic rings. The van der Waals surface area contributed by atoms with Gasteiger partial charge in [-0.05, 0) is 12.8 Å². The first-order valence-corrected chi connectivity index (χ1v) is 3.58. The van der Waals surface area contributed by atoms with Gasteiger partial charge in [-0.3, -0.25) is 14.5 Å². The minimum atomic E-state index is -0.372. The fourth-order valence-corrected chi connectivity index (χ4v) is 1.71. The monoisotopic (exact) mass is 148 g/mol. The van der Waals surface area contributed by atoms with Gasteiger partial charge in [-0.15, -0.1) is 0 Å². The highest BCUT2D eigenvalue weighted by molar-refractivity contribution is 6.58. The van der Waals surface area contributed by atoms with Crippen molar-refractivity contribution >= 4 is 19.6 Å². The Morgan fingerprint density at radius 2 is 2.45 bits per heavy atom. The van der Waals surface area contributed by atoms with Crippen molar-refractivity contribution in [2.24, 2.45) is 0 Å². The number of nitrogens with zero attached hydrogens (tertiary/aromatic N) is 1. The van der Waals surface area contributed by atoms with Crippen molar-refractivity contribution in [1.29, 1.82) is 0 Å². The van der Waals surface area contributed by atoms with Gasteiger partial charge >= 0.3 is 0 Å². The van der Waals surface area contributed by atoms with Crippen LogP contribution in [0.5, 0.6) is 0 Å². The molecule has 1 atom stereocenters. The van der Waals surface area contributed by atoms with Crippen molar-refractivity contribution in [3.8, 4) is 0 Å². The van der Waals surface area contributed by atoms with Crippen molar-refractivity contribution in [1.82, 2.24) is 4.90 Å². The quantitative estimate of drug-likeness (QED) is 0.451. The van der Waals surface area contributed by atoms with Crippen molar-refractivity contribution in [3.63, 3.8) is 0 Å². The van der Waals surface area contributed by atoms with Crippen LogP contribution in [0.3, 0.4) is 0 Å². The molecule has 2 amide bonds. The molecular weight excluding hydrogens is 141 g/mol. The number of hydrogen-bond donors (Lipinski definition) is 0. The van der Waals surface area contributed by atoms with Crippen LogP contribution < -0.4 is 0 Å². The molecule has 2 bridgehead atoms. The lowest BCUT2D eigenvalue weighted by Crippen LogP contribution is -2.39. The third-order valence-corrected chi connectivity index (χ3v) is 2.22. The number of fused-ring (bicyclic) bond motifs is 2. The molecular formula is C7H7BNO2. The van der Waals surface area contributed by atoms with E-state index in [0.29, 0.717) is 0 Å². The van der Waals surface area contributed by atoms with Crippen LogP contribution in [0.25, 0.3) is 0 Å². The first-order valence-electron chi connectivity index (χ1n) is 3.58. The average Bonchev–Trinajstić information content (AvgIpc) is 2.44. The van der Waals surface area contributed by atoms with Crippen LogP contribution in [-0.4, -0.2) is 30.5 Å². The van der Waals surface area contributed by atoms with Gasteiger partial charge in [0.25, 0.3) is 5.91 Å². The van der Waals surface area contributed by atoms with Crippen molar-refractivity contribution in [2.75, 3.05) is 0 Å². The predicted molar refractivity (Wildman–Crippen MR) is 40.5 cm³/mol. The van der Waals surface area contributed by atoms with Gasteiger partial charge in [-0.1, -0.05) is 6.08 Å². The highest BCUT2D eigenvalue weighted by Gasteiger charge is 2.40. The zero-order valence-electron chi connectivity index (χ0n) is 6.04. The van der Waals surface area contributed by atoms with E-state index in [2.05, 4.69) is 7.85 Å². The Bertz CT molecular complexity index is 272. The zero-order chi connectivity index (χ0) is 8.01. The largest absolute Gasteiger partial charge is 0.288 e. The summed E-state index contributed by atoms with van der Waals surface area (Å²) in [6.45, 7) is 0. The van der Waals surface area contributed by atoms with E-state index >= 15 is 0 Å². The van der Waals surface area contributed by atoms with E-state index < -0.39 is 0 Å². The normalized spacial score (nSPS) is 27.6. The Kier molecular flexibility index (Phi) is 1.19. The Balaban J connectivity index is 2.34. The number of amides is 2. The van der Waals surface area contributed by atoms with Crippen LogP contribution in [0.15, 0.2) is 11.6 Å². The van der Waals surface area contributed by atoms with Crippen LogP contribution in [0, 0.1) is 0 Å². The third kappa shape index (κ3) is 0.752. The van der Waals surface area contributed by atoms with Crippen LogP contribution in [0.1, 0.15) is 12.8 Å². The molecule has 0 aromatic heterocycles. The minimum Gasteiger partial charge on any atom is -0.288 e. The zero-order valence-corrected chi connectivity index (χ0v) is 6.04. The van der Waals surface area contributed by atoms with E-state index in [4.69, 9.17) is 0 Å². The summed E-state index contributed by atoms with van der Waals surface area (Å²) >= 11 is 0. The summed E-state index contributed by atoms with van der Waals surface area (Å²) in [6.07, 6.45) is 3.47. The minimum absolute atomic E-state index is 0.0856. The lowest BCUT2D eigenvalue weighted by Gasteiger charge is -2.20. The topological polar surface area (TPSA) is 37.4 Å². The molecule has 1 aliphatic heterocycles. The van der Waals surface area contributed by atoms with E-state index in [1.165, 1.54) is 4.90 Å². The van der Waals surface area contributed by atoms with E-state index in [1.807, 2.05) is 6.08 Å². The SMILES string of the molecule is [BH]C(=O)N1C(=O)C2=CC[C@@H]1C2. The molecule has 1 aliphatic carbocycles. The molecule has 4 heteroatoms. The summed E-state index contributed by atoms with van der Waals surface area (Å²) in [5, 5.41) is 0. The summed E-state index contributed by atoms with van der Waals surface area (Å²) in [4.78, 5) is 23.3. The molecule has 0 spiro atoms. The van der Waals surface area contributed by atoms with Gasteiger partial charge in [0.05, 0.1) is 0 Å². The van der Waals surface area contributed by atoms with E-state index in [1.54, 1.807) is 0 Å². The van der Waals surface area contributed by atoms with Crippen LogP contribution in [0.4, 0.5) is 4.79 Å². The molecule has 0 unspecified atom stereocenters. The number of carbonyl (C=O) groups excluding carboxylic acids is 2. The maximum atomic E-state index is 11.2. The third-order valence-electron chi connectivity index (χ3n) is 2.22. The summed E-state index contributed by atoms with van der Waals surface area (Å²) in [6, 6.07) is 0.0856. The van der Waals surface area contributed by atoms with Gasteiger partial charge in [0, 0.05) is 11.6 Å². The smallest absolute Gasteiger partial charge is 0.255 e. The van der Waals surface area contributed by atoms with Gasteiger partial charge < -0.3 is 0 Å². The number of hydrogen-bond acceptors (Lipinski definition) is 2. The van der Waals surface area contributed by atoms with Gasteiger partial charge in [0.1, 0.15) is 0 Å². The first-order chi connectivity index (χ1) is 5.20. The number of carbonyl (C=O) groups is 2. The Morgan fingerprint density at radius 3 is 2.82 bits per heavy atom. The standard InChI is InChI=1S/C7H7BNO2/c8-7(11)9-5-2-1-4(3-5)6(9)10/h1,5,8H,2-3H2/t5-/m1/s1. The maximum absolute atomic E-state index is 11.2. The number of imide groups is 1. The molecule has 1 heterocycles. The molecule has 3 nitrogen and oxygen atoms in total. The molecule has 2 rings (SSSR count). The summed E-state index contributed by atoms with van der Waals surface area (Å²) in [7, 11) is 3.23. The molecule has 55 valence electrons. The highest BCUT2D eigenvalue weighted by atomic mass is 16.2. The van der Waals surface area contributed by atoms with Crippen molar-refractivity contribution in [2.45, 2.75) is 18.9 Å². The molecule has 1 radical (unpaired) electrons. The number of likely N-dealkylation sites (tertiary alicyclic amines) is 1. The van der Waals surface area contributed by atoms with Crippen LogP contribution in [-0.2, 0) is 4.79 Å². The van der Waals surface area contributed by atoms with Gasteiger partial charge in [-0.25, -0.2) is 0 Å². The average molecular weight is 148 g/mol.